The second-order valence-electron chi connectivity index (χ2n) is 4.37. The number of fused-ring (bicyclic) bond motifs is 1. The van der Waals surface area contributed by atoms with E-state index in [2.05, 4.69) is 0 Å². The molecule has 0 radical (unpaired) electrons. The Morgan fingerprint density at radius 1 is 1.22 bits per heavy atom. The van der Waals surface area contributed by atoms with Crippen molar-refractivity contribution in [2.75, 3.05) is 26.4 Å². The average molecular weight is 245 g/mol. The Morgan fingerprint density at radius 2 is 1.94 bits per heavy atom. The molecule has 0 spiro atoms. The van der Waals surface area contributed by atoms with E-state index in [-0.39, 0.29) is 19.0 Å². The second kappa shape index (κ2) is 4.00. The van der Waals surface area contributed by atoms with Crippen LogP contribution in [-0.4, -0.2) is 32.2 Å². The number of rotatable bonds is 2. The maximum atomic E-state index is 12.3. The van der Waals surface area contributed by atoms with Gasteiger partial charge in [-0.1, -0.05) is 0 Å². The average Bonchev–Trinajstić information content (AvgIpc) is 2.37. The van der Waals surface area contributed by atoms with E-state index in [0.717, 1.165) is 0 Å². The van der Waals surface area contributed by atoms with E-state index in [1.54, 1.807) is 18.2 Å². The highest BCUT2D eigenvalue weighted by atomic mass is 16.6. The molecular formula is C13H11NO4. The van der Waals surface area contributed by atoms with Crippen LogP contribution in [0.5, 0.6) is 11.5 Å². The monoisotopic (exact) mass is 245 g/mol. The molecule has 0 bridgehead atoms. The SMILES string of the molecule is N#CC1(C(=O)c2ccc3c(c2)OCCO3)COC1. The van der Waals surface area contributed by atoms with Crippen LogP contribution in [0.25, 0.3) is 0 Å². The van der Waals surface area contributed by atoms with Gasteiger partial charge in [-0.05, 0) is 18.2 Å². The Labute approximate surface area is 104 Å². The van der Waals surface area contributed by atoms with Gasteiger partial charge in [0.05, 0.1) is 19.3 Å². The molecule has 1 aromatic rings. The highest BCUT2D eigenvalue weighted by Gasteiger charge is 2.46. The number of Topliss-reactive ketones (excluding diaryl/α,β-unsaturated/α-hetero) is 1. The van der Waals surface area contributed by atoms with Gasteiger partial charge in [0.2, 0.25) is 0 Å². The highest BCUT2D eigenvalue weighted by Crippen LogP contribution is 2.35. The molecule has 18 heavy (non-hydrogen) atoms. The molecule has 1 saturated heterocycles. The summed E-state index contributed by atoms with van der Waals surface area (Å²) in [5, 5.41) is 9.10. The van der Waals surface area contributed by atoms with Gasteiger partial charge in [0.15, 0.2) is 22.7 Å². The molecule has 0 saturated carbocycles. The van der Waals surface area contributed by atoms with Crippen LogP contribution in [0.2, 0.25) is 0 Å². The van der Waals surface area contributed by atoms with E-state index in [1.165, 1.54) is 0 Å². The fraction of sp³-hybridized carbons (Fsp3) is 0.385. The van der Waals surface area contributed by atoms with Gasteiger partial charge in [-0.2, -0.15) is 5.26 Å². The first-order valence-corrected chi connectivity index (χ1v) is 5.69. The first kappa shape index (κ1) is 11.1. The minimum atomic E-state index is -1.02. The summed E-state index contributed by atoms with van der Waals surface area (Å²) < 4.78 is 15.8. The number of nitrogens with zero attached hydrogens (tertiary/aromatic N) is 1. The predicted octanol–water partition coefficient (Wildman–Crippen LogP) is 1.18. The lowest BCUT2D eigenvalue weighted by molar-refractivity contribution is -0.0566. The largest absolute Gasteiger partial charge is 0.486 e. The summed E-state index contributed by atoms with van der Waals surface area (Å²) in [6.45, 7) is 1.31. The van der Waals surface area contributed by atoms with Gasteiger partial charge in [0, 0.05) is 5.56 Å². The Kier molecular flexibility index (Phi) is 2.46. The van der Waals surface area contributed by atoms with Crippen LogP contribution in [0.1, 0.15) is 10.4 Å². The van der Waals surface area contributed by atoms with E-state index in [4.69, 9.17) is 19.5 Å². The number of ketones is 1. The molecule has 0 unspecified atom stereocenters. The molecular weight excluding hydrogens is 234 g/mol. The third-order valence-corrected chi connectivity index (χ3v) is 3.15. The van der Waals surface area contributed by atoms with Crippen molar-refractivity contribution in [3.8, 4) is 17.6 Å². The van der Waals surface area contributed by atoms with Crippen molar-refractivity contribution < 1.29 is 19.0 Å². The molecule has 5 nitrogen and oxygen atoms in total. The lowest BCUT2D eigenvalue weighted by Crippen LogP contribution is -2.47. The molecule has 2 aliphatic heterocycles. The van der Waals surface area contributed by atoms with E-state index >= 15 is 0 Å². The molecule has 0 N–H and O–H groups in total. The molecule has 0 atom stereocenters. The smallest absolute Gasteiger partial charge is 0.187 e. The molecule has 3 rings (SSSR count). The van der Waals surface area contributed by atoms with Crippen LogP contribution < -0.4 is 9.47 Å². The Morgan fingerprint density at radius 3 is 2.56 bits per heavy atom. The van der Waals surface area contributed by atoms with Gasteiger partial charge >= 0.3 is 0 Å². The predicted molar refractivity (Wildman–Crippen MR) is 60.6 cm³/mol. The van der Waals surface area contributed by atoms with E-state index < -0.39 is 5.41 Å². The second-order valence-corrected chi connectivity index (χ2v) is 4.37. The van der Waals surface area contributed by atoms with Crippen molar-refractivity contribution in [1.82, 2.24) is 0 Å². The fourth-order valence-electron chi connectivity index (χ4n) is 2.01. The Hall–Kier alpha value is -2.06. The summed E-state index contributed by atoms with van der Waals surface area (Å²) in [5.74, 6) is 0.974. The number of ether oxygens (including phenoxy) is 3. The van der Waals surface area contributed by atoms with Gasteiger partial charge in [-0.25, -0.2) is 0 Å². The molecule has 92 valence electrons. The van der Waals surface area contributed by atoms with Crippen LogP contribution in [-0.2, 0) is 4.74 Å². The van der Waals surface area contributed by atoms with Crippen LogP contribution >= 0.6 is 0 Å². The number of carbonyl (C=O) groups excluding carboxylic acids is 1. The molecule has 1 aromatic carbocycles. The molecule has 0 aliphatic carbocycles. The molecule has 5 heteroatoms. The van der Waals surface area contributed by atoms with E-state index in [1.807, 2.05) is 6.07 Å². The van der Waals surface area contributed by atoms with Crippen molar-refractivity contribution >= 4 is 5.78 Å². The highest BCUT2D eigenvalue weighted by molar-refractivity contribution is 6.03. The summed E-state index contributed by atoms with van der Waals surface area (Å²) >= 11 is 0. The molecule has 1 fully saturated rings. The van der Waals surface area contributed by atoms with Gasteiger partial charge in [-0.15, -0.1) is 0 Å². The topological polar surface area (TPSA) is 68.6 Å². The third kappa shape index (κ3) is 1.54. The number of hydrogen-bond donors (Lipinski definition) is 0. The van der Waals surface area contributed by atoms with E-state index in [9.17, 15) is 4.79 Å². The zero-order valence-corrected chi connectivity index (χ0v) is 9.64. The van der Waals surface area contributed by atoms with Crippen LogP contribution in [0.4, 0.5) is 0 Å². The van der Waals surface area contributed by atoms with Gasteiger partial charge in [0.1, 0.15) is 13.2 Å². The first-order chi connectivity index (χ1) is 8.75. The van der Waals surface area contributed by atoms with E-state index in [0.29, 0.717) is 30.3 Å². The summed E-state index contributed by atoms with van der Waals surface area (Å²) in [6, 6.07) is 7.04. The zero-order valence-electron chi connectivity index (χ0n) is 9.64. The van der Waals surface area contributed by atoms with Gasteiger partial charge in [0.25, 0.3) is 0 Å². The fourth-order valence-corrected chi connectivity index (χ4v) is 2.01. The molecule has 2 heterocycles. The lowest BCUT2D eigenvalue weighted by atomic mass is 9.80. The Balaban J connectivity index is 1.93. The van der Waals surface area contributed by atoms with Crippen LogP contribution in [0.15, 0.2) is 18.2 Å². The summed E-state index contributed by atoms with van der Waals surface area (Å²) in [5.41, 5.74) is -0.562. The summed E-state index contributed by atoms with van der Waals surface area (Å²) in [4.78, 5) is 12.3. The van der Waals surface area contributed by atoms with Crippen molar-refractivity contribution in [3.63, 3.8) is 0 Å². The third-order valence-electron chi connectivity index (χ3n) is 3.15. The number of nitriles is 1. The molecule has 0 amide bonds. The zero-order chi connectivity index (χ0) is 12.6. The molecule has 0 aromatic heterocycles. The van der Waals surface area contributed by atoms with Crippen molar-refractivity contribution in [2.45, 2.75) is 0 Å². The number of benzene rings is 1. The number of hydrogen-bond acceptors (Lipinski definition) is 5. The van der Waals surface area contributed by atoms with Gasteiger partial charge < -0.3 is 14.2 Å². The van der Waals surface area contributed by atoms with Crippen molar-refractivity contribution in [3.05, 3.63) is 23.8 Å². The quantitative estimate of drug-likeness (QED) is 0.732. The maximum Gasteiger partial charge on any atom is 0.187 e. The molecule has 2 aliphatic rings. The van der Waals surface area contributed by atoms with Gasteiger partial charge in [-0.3, -0.25) is 4.79 Å². The summed E-state index contributed by atoms with van der Waals surface area (Å²) in [7, 11) is 0. The van der Waals surface area contributed by atoms with Crippen LogP contribution in [0.3, 0.4) is 0 Å². The maximum absolute atomic E-state index is 12.3. The summed E-state index contributed by atoms with van der Waals surface area (Å²) in [6.07, 6.45) is 0. The number of carbonyl (C=O) groups is 1. The van der Waals surface area contributed by atoms with Crippen LogP contribution in [0, 0.1) is 16.7 Å². The minimum Gasteiger partial charge on any atom is -0.486 e. The van der Waals surface area contributed by atoms with Crippen molar-refractivity contribution in [1.29, 1.82) is 5.26 Å². The standard InChI is InChI=1S/C13H11NO4/c14-6-13(7-16-8-13)12(15)9-1-2-10-11(5-9)18-4-3-17-10/h1-2,5H,3-4,7-8H2. The first-order valence-electron chi connectivity index (χ1n) is 5.69. The van der Waals surface area contributed by atoms with Crippen molar-refractivity contribution in [2.24, 2.45) is 5.41 Å². The lowest BCUT2D eigenvalue weighted by Gasteiger charge is -2.33. The minimum absolute atomic E-state index is 0.163. The normalized spacial score (nSPS) is 19.5. The Bertz CT molecular complexity index is 542.